The zero-order chi connectivity index (χ0) is 18.6. The van der Waals surface area contributed by atoms with Crippen LogP contribution in [0.15, 0.2) is 29.2 Å². The van der Waals surface area contributed by atoms with Crippen molar-refractivity contribution in [3.8, 4) is 11.8 Å². The number of aromatic nitrogens is 1. The molecule has 0 radical (unpaired) electrons. The predicted octanol–water partition coefficient (Wildman–Crippen LogP) is 2.10. The Hall–Kier alpha value is -3.27. The Morgan fingerprint density at radius 1 is 1.32 bits per heavy atom. The molecule has 130 valence electrons. The summed E-state index contributed by atoms with van der Waals surface area (Å²) in [5.41, 5.74) is -0.432. The van der Waals surface area contributed by atoms with Gasteiger partial charge in [-0.3, -0.25) is 4.79 Å². The standard InChI is InChI=1S/C18H18N2O5/c1-18(2,3)25-17(24)19-8-4-5-11-6-7-14-12(9-11)15(21)13(10-20-14)16(22)23/h6-7,9-10H,8H2,1-3H3,(H,19,24)(H,20,21)(H,22,23). The lowest BCUT2D eigenvalue weighted by molar-refractivity contribution is 0.0534. The average Bonchev–Trinajstić information content (AvgIpc) is 2.50. The molecular weight excluding hydrogens is 324 g/mol. The molecule has 0 atom stereocenters. The van der Waals surface area contributed by atoms with Gasteiger partial charge >= 0.3 is 12.1 Å². The highest BCUT2D eigenvalue weighted by atomic mass is 16.6. The van der Waals surface area contributed by atoms with Crippen LogP contribution in [0.2, 0.25) is 0 Å². The van der Waals surface area contributed by atoms with E-state index in [1.807, 2.05) is 0 Å². The third-order valence-corrected chi connectivity index (χ3v) is 3.06. The lowest BCUT2D eigenvalue weighted by Gasteiger charge is -2.18. The molecule has 1 aromatic heterocycles. The van der Waals surface area contributed by atoms with Gasteiger partial charge in [-0.2, -0.15) is 0 Å². The van der Waals surface area contributed by atoms with Gasteiger partial charge in [-0.1, -0.05) is 11.8 Å². The van der Waals surface area contributed by atoms with Crippen LogP contribution in [0.4, 0.5) is 4.79 Å². The van der Waals surface area contributed by atoms with E-state index in [0.717, 1.165) is 0 Å². The maximum atomic E-state index is 12.2. The predicted molar refractivity (Wildman–Crippen MR) is 92.6 cm³/mol. The molecule has 0 bridgehead atoms. The highest BCUT2D eigenvalue weighted by Gasteiger charge is 2.15. The maximum absolute atomic E-state index is 12.2. The molecule has 0 aliphatic carbocycles. The second kappa shape index (κ2) is 7.09. The van der Waals surface area contributed by atoms with Crippen LogP contribution in [0, 0.1) is 11.8 Å². The molecule has 0 aliphatic rings. The van der Waals surface area contributed by atoms with E-state index in [4.69, 9.17) is 9.84 Å². The van der Waals surface area contributed by atoms with Crippen molar-refractivity contribution in [2.75, 3.05) is 6.54 Å². The fourth-order valence-corrected chi connectivity index (χ4v) is 2.03. The molecule has 2 rings (SSSR count). The average molecular weight is 342 g/mol. The fourth-order valence-electron chi connectivity index (χ4n) is 2.03. The molecule has 0 unspecified atom stereocenters. The molecule has 3 N–H and O–H groups in total. The van der Waals surface area contributed by atoms with Gasteiger partial charge in [0, 0.05) is 22.7 Å². The van der Waals surface area contributed by atoms with Gasteiger partial charge in [0.15, 0.2) is 0 Å². The minimum Gasteiger partial charge on any atom is -0.477 e. The van der Waals surface area contributed by atoms with Gasteiger partial charge in [0.25, 0.3) is 0 Å². The number of carbonyl (C=O) groups is 2. The van der Waals surface area contributed by atoms with Crippen molar-refractivity contribution in [1.29, 1.82) is 0 Å². The Balaban J connectivity index is 2.15. The number of carboxylic acid groups (broad SMARTS) is 1. The third-order valence-electron chi connectivity index (χ3n) is 3.06. The SMILES string of the molecule is CC(C)(C)OC(=O)NCC#Cc1ccc2[nH]cc(C(=O)O)c(=O)c2c1. The number of hydrogen-bond donors (Lipinski definition) is 3. The van der Waals surface area contributed by atoms with Gasteiger partial charge in [0.2, 0.25) is 5.43 Å². The van der Waals surface area contributed by atoms with E-state index in [1.54, 1.807) is 32.9 Å². The lowest BCUT2D eigenvalue weighted by atomic mass is 10.1. The summed E-state index contributed by atoms with van der Waals surface area (Å²) in [6.45, 7) is 5.36. The number of alkyl carbamates (subject to hydrolysis) is 1. The van der Waals surface area contributed by atoms with Crippen LogP contribution in [0.3, 0.4) is 0 Å². The minimum absolute atomic E-state index is 0.0818. The molecule has 1 heterocycles. The molecule has 0 saturated heterocycles. The molecular formula is C18H18N2O5. The number of fused-ring (bicyclic) bond motifs is 1. The van der Waals surface area contributed by atoms with E-state index >= 15 is 0 Å². The van der Waals surface area contributed by atoms with E-state index < -0.39 is 23.1 Å². The van der Waals surface area contributed by atoms with Gasteiger partial charge in [0.1, 0.15) is 11.2 Å². The maximum Gasteiger partial charge on any atom is 0.408 e. The van der Waals surface area contributed by atoms with Crippen LogP contribution in [0.25, 0.3) is 10.9 Å². The first-order valence-corrected chi connectivity index (χ1v) is 7.52. The fraction of sp³-hybridized carbons (Fsp3) is 0.278. The van der Waals surface area contributed by atoms with Crippen LogP contribution in [0.1, 0.15) is 36.7 Å². The zero-order valence-electron chi connectivity index (χ0n) is 14.1. The number of aromatic amines is 1. The Morgan fingerprint density at radius 3 is 2.68 bits per heavy atom. The molecule has 7 heteroatoms. The molecule has 0 aliphatic heterocycles. The van der Waals surface area contributed by atoms with Crippen LogP contribution >= 0.6 is 0 Å². The monoisotopic (exact) mass is 342 g/mol. The summed E-state index contributed by atoms with van der Waals surface area (Å²) in [5.74, 6) is 4.27. The second-order valence-corrected chi connectivity index (χ2v) is 6.25. The summed E-state index contributed by atoms with van der Waals surface area (Å²) in [6, 6.07) is 4.86. The van der Waals surface area contributed by atoms with Crippen molar-refractivity contribution in [1.82, 2.24) is 10.3 Å². The van der Waals surface area contributed by atoms with E-state index in [2.05, 4.69) is 22.1 Å². The summed E-state index contributed by atoms with van der Waals surface area (Å²) in [6.07, 6.45) is 0.603. The van der Waals surface area contributed by atoms with E-state index in [-0.39, 0.29) is 17.5 Å². The number of rotatable bonds is 2. The van der Waals surface area contributed by atoms with Crippen LogP contribution in [0.5, 0.6) is 0 Å². The van der Waals surface area contributed by atoms with E-state index in [1.165, 1.54) is 12.3 Å². The van der Waals surface area contributed by atoms with Gasteiger partial charge in [0.05, 0.1) is 6.54 Å². The van der Waals surface area contributed by atoms with Crippen molar-refractivity contribution < 1.29 is 19.4 Å². The van der Waals surface area contributed by atoms with Crippen molar-refractivity contribution in [2.24, 2.45) is 0 Å². The largest absolute Gasteiger partial charge is 0.477 e. The Bertz CT molecular complexity index is 942. The molecule has 1 aromatic carbocycles. The molecule has 0 fully saturated rings. The highest BCUT2D eigenvalue weighted by molar-refractivity contribution is 5.92. The van der Waals surface area contributed by atoms with Crippen LogP contribution in [-0.4, -0.2) is 34.3 Å². The molecule has 7 nitrogen and oxygen atoms in total. The molecule has 0 spiro atoms. The Labute approximate surface area is 144 Å². The number of amides is 1. The summed E-state index contributed by atoms with van der Waals surface area (Å²) in [7, 11) is 0. The molecule has 0 saturated carbocycles. The first-order valence-electron chi connectivity index (χ1n) is 7.52. The van der Waals surface area contributed by atoms with Crippen molar-refractivity contribution in [2.45, 2.75) is 26.4 Å². The van der Waals surface area contributed by atoms with E-state index in [9.17, 15) is 14.4 Å². The number of aromatic carboxylic acids is 1. The van der Waals surface area contributed by atoms with Gasteiger partial charge in [-0.25, -0.2) is 9.59 Å². The van der Waals surface area contributed by atoms with Crippen molar-refractivity contribution in [3.05, 3.63) is 45.7 Å². The number of ether oxygens (including phenoxy) is 1. The van der Waals surface area contributed by atoms with Crippen LogP contribution < -0.4 is 10.7 Å². The van der Waals surface area contributed by atoms with Crippen molar-refractivity contribution >= 4 is 23.0 Å². The third kappa shape index (κ3) is 4.85. The number of pyridine rings is 1. The number of carbonyl (C=O) groups excluding carboxylic acids is 1. The van der Waals surface area contributed by atoms with Gasteiger partial charge in [-0.15, -0.1) is 0 Å². The smallest absolute Gasteiger partial charge is 0.408 e. The summed E-state index contributed by atoms with van der Waals surface area (Å²) < 4.78 is 5.08. The quantitative estimate of drug-likeness (QED) is 0.724. The lowest BCUT2D eigenvalue weighted by Crippen LogP contribution is -2.32. The molecule has 1 amide bonds. The van der Waals surface area contributed by atoms with Gasteiger partial charge < -0.3 is 20.1 Å². The van der Waals surface area contributed by atoms with Crippen molar-refractivity contribution in [3.63, 3.8) is 0 Å². The van der Waals surface area contributed by atoms with E-state index in [0.29, 0.717) is 11.1 Å². The topological polar surface area (TPSA) is 108 Å². The number of hydrogen-bond acceptors (Lipinski definition) is 4. The Kier molecular flexibility index (Phi) is 5.13. The highest BCUT2D eigenvalue weighted by Crippen LogP contribution is 2.10. The summed E-state index contributed by atoms with van der Waals surface area (Å²) in [4.78, 5) is 37.4. The van der Waals surface area contributed by atoms with Gasteiger partial charge in [-0.05, 0) is 39.0 Å². The van der Waals surface area contributed by atoms with Crippen LogP contribution in [-0.2, 0) is 4.74 Å². The first-order chi connectivity index (χ1) is 11.7. The first kappa shape index (κ1) is 18.1. The normalized spacial score (nSPS) is 10.7. The number of carboxylic acids is 1. The number of nitrogens with one attached hydrogen (secondary N) is 2. The molecule has 25 heavy (non-hydrogen) atoms. The number of benzene rings is 1. The molecule has 2 aromatic rings. The Morgan fingerprint density at radius 2 is 2.04 bits per heavy atom. The number of H-pyrrole nitrogens is 1. The minimum atomic E-state index is -1.29. The zero-order valence-corrected chi connectivity index (χ0v) is 14.1. The summed E-state index contributed by atoms with van der Waals surface area (Å²) in [5, 5.41) is 11.7. The summed E-state index contributed by atoms with van der Waals surface area (Å²) >= 11 is 0. The second-order valence-electron chi connectivity index (χ2n) is 6.25.